The molecule has 0 saturated heterocycles. The topological polar surface area (TPSA) is 16.1 Å². The summed E-state index contributed by atoms with van der Waals surface area (Å²) in [5, 5.41) is 4.75. The second kappa shape index (κ2) is 6.04. The zero-order valence-corrected chi connectivity index (χ0v) is 13.4. The Morgan fingerprint density at radius 1 is 1.44 bits per heavy atom. The van der Waals surface area contributed by atoms with E-state index < -0.39 is 0 Å². The molecular formula is C13H14BrClN2S. The largest absolute Gasteiger partial charge is 0.368 e. The maximum absolute atomic E-state index is 6.21. The molecule has 0 fully saturated rings. The highest BCUT2D eigenvalue weighted by atomic mass is 79.9. The van der Waals surface area contributed by atoms with Crippen LogP contribution in [0.15, 0.2) is 23.6 Å². The first-order chi connectivity index (χ1) is 8.61. The summed E-state index contributed by atoms with van der Waals surface area (Å²) in [4.78, 5) is 6.66. The molecule has 1 aromatic heterocycles. The molecule has 0 spiro atoms. The third-order valence-corrected chi connectivity index (χ3v) is 4.44. The highest BCUT2D eigenvalue weighted by Crippen LogP contribution is 2.29. The van der Waals surface area contributed by atoms with E-state index in [1.54, 1.807) is 11.3 Å². The minimum absolute atomic E-state index is 0.752. The number of anilines is 1. The van der Waals surface area contributed by atoms with Gasteiger partial charge >= 0.3 is 0 Å². The summed E-state index contributed by atoms with van der Waals surface area (Å²) >= 11 is 11.4. The normalized spacial score (nSPS) is 10.7. The molecule has 0 radical (unpaired) electrons. The van der Waals surface area contributed by atoms with Crippen LogP contribution in [0.25, 0.3) is 0 Å². The van der Waals surface area contributed by atoms with Crippen LogP contribution in [0, 0.1) is 6.92 Å². The van der Waals surface area contributed by atoms with Crippen LogP contribution in [0.5, 0.6) is 0 Å². The molecular weight excluding hydrogens is 332 g/mol. The molecule has 2 aromatic rings. The summed E-state index contributed by atoms with van der Waals surface area (Å²) in [6, 6.07) is 5.98. The van der Waals surface area contributed by atoms with Gasteiger partial charge in [-0.1, -0.05) is 33.6 Å². The first-order valence-electron chi connectivity index (χ1n) is 5.57. The molecule has 0 N–H and O–H groups in total. The van der Waals surface area contributed by atoms with Crippen molar-refractivity contribution < 1.29 is 0 Å². The lowest BCUT2D eigenvalue weighted by Crippen LogP contribution is -2.18. The highest BCUT2D eigenvalue weighted by Gasteiger charge is 2.11. The van der Waals surface area contributed by atoms with Crippen LogP contribution in [0.2, 0.25) is 5.02 Å². The van der Waals surface area contributed by atoms with Crippen molar-refractivity contribution in [3.05, 3.63) is 44.9 Å². The van der Waals surface area contributed by atoms with Crippen LogP contribution >= 0.6 is 38.9 Å². The number of thiazole rings is 1. The van der Waals surface area contributed by atoms with Gasteiger partial charge in [0.15, 0.2) is 0 Å². The zero-order valence-electron chi connectivity index (χ0n) is 10.3. The fourth-order valence-electron chi connectivity index (χ4n) is 1.85. The molecule has 96 valence electrons. The van der Waals surface area contributed by atoms with Gasteiger partial charge in [-0.05, 0) is 19.1 Å². The maximum atomic E-state index is 6.21. The van der Waals surface area contributed by atoms with Crippen LogP contribution in [-0.4, -0.2) is 12.0 Å². The molecule has 2 nitrogen and oxygen atoms in total. The van der Waals surface area contributed by atoms with Crippen molar-refractivity contribution in [1.29, 1.82) is 0 Å². The molecule has 0 amide bonds. The highest BCUT2D eigenvalue weighted by molar-refractivity contribution is 9.08. The number of alkyl halides is 1. The summed E-state index contributed by atoms with van der Waals surface area (Å²) in [5.74, 6) is 0. The van der Waals surface area contributed by atoms with E-state index in [0.29, 0.717) is 0 Å². The quantitative estimate of drug-likeness (QED) is 0.751. The van der Waals surface area contributed by atoms with E-state index in [1.807, 2.05) is 19.1 Å². The number of nitrogens with zero attached hydrogens (tertiary/aromatic N) is 2. The number of hydrogen-bond acceptors (Lipinski definition) is 3. The standard InChI is InChI=1S/C13H14BrClN2S/c1-9-16-10(8-18-9)7-17(2)13-5-3-4-12(15)11(13)6-14/h3-5,8H,6-7H2,1-2H3. The Morgan fingerprint density at radius 2 is 2.22 bits per heavy atom. The van der Waals surface area contributed by atoms with Gasteiger partial charge in [0.05, 0.1) is 17.2 Å². The van der Waals surface area contributed by atoms with Gasteiger partial charge in [0, 0.05) is 34.0 Å². The van der Waals surface area contributed by atoms with Crippen molar-refractivity contribution in [2.24, 2.45) is 0 Å². The van der Waals surface area contributed by atoms with E-state index in [1.165, 1.54) is 0 Å². The summed E-state index contributed by atoms with van der Waals surface area (Å²) in [6.07, 6.45) is 0. The molecule has 1 aromatic carbocycles. The minimum atomic E-state index is 0.752. The lowest BCUT2D eigenvalue weighted by atomic mass is 10.2. The van der Waals surface area contributed by atoms with E-state index in [9.17, 15) is 0 Å². The molecule has 1 heterocycles. The van der Waals surface area contributed by atoms with Gasteiger partial charge in [0.25, 0.3) is 0 Å². The predicted molar refractivity (Wildman–Crippen MR) is 83.0 cm³/mol. The number of benzene rings is 1. The molecule has 0 unspecified atom stereocenters. The van der Waals surface area contributed by atoms with E-state index >= 15 is 0 Å². The monoisotopic (exact) mass is 344 g/mol. The van der Waals surface area contributed by atoms with Crippen LogP contribution in [0.4, 0.5) is 5.69 Å². The van der Waals surface area contributed by atoms with Gasteiger partial charge in [-0.15, -0.1) is 11.3 Å². The molecule has 5 heteroatoms. The summed E-state index contributed by atoms with van der Waals surface area (Å²) < 4.78 is 0. The first kappa shape index (κ1) is 13.8. The van der Waals surface area contributed by atoms with E-state index in [4.69, 9.17) is 11.6 Å². The summed E-state index contributed by atoms with van der Waals surface area (Å²) in [7, 11) is 2.06. The lowest BCUT2D eigenvalue weighted by molar-refractivity contribution is 0.885. The molecule has 0 bridgehead atoms. The Kier molecular flexibility index (Phi) is 4.65. The van der Waals surface area contributed by atoms with Crippen molar-refractivity contribution in [2.75, 3.05) is 11.9 Å². The van der Waals surface area contributed by atoms with Crippen LogP contribution in [0.1, 0.15) is 16.3 Å². The molecule has 0 aliphatic rings. The van der Waals surface area contributed by atoms with Gasteiger partial charge < -0.3 is 4.90 Å². The number of halogens is 2. The first-order valence-corrected chi connectivity index (χ1v) is 7.95. The number of aromatic nitrogens is 1. The maximum Gasteiger partial charge on any atom is 0.0898 e. The molecule has 0 atom stereocenters. The Morgan fingerprint density at radius 3 is 2.83 bits per heavy atom. The van der Waals surface area contributed by atoms with E-state index in [2.05, 4.69) is 44.3 Å². The average Bonchev–Trinajstić information content (AvgIpc) is 2.74. The molecule has 0 aliphatic carbocycles. The predicted octanol–water partition coefficient (Wildman–Crippen LogP) is 4.64. The molecule has 2 rings (SSSR count). The Hall–Kier alpha value is -0.580. The van der Waals surface area contributed by atoms with Gasteiger partial charge in [-0.2, -0.15) is 0 Å². The fraction of sp³-hybridized carbons (Fsp3) is 0.308. The zero-order chi connectivity index (χ0) is 13.1. The van der Waals surface area contributed by atoms with Crippen molar-refractivity contribution in [2.45, 2.75) is 18.8 Å². The fourth-order valence-corrected chi connectivity index (χ4v) is 3.44. The van der Waals surface area contributed by atoms with Gasteiger partial charge in [0.2, 0.25) is 0 Å². The van der Waals surface area contributed by atoms with E-state index in [0.717, 1.165) is 38.8 Å². The van der Waals surface area contributed by atoms with E-state index in [-0.39, 0.29) is 0 Å². The molecule has 0 saturated carbocycles. The smallest absolute Gasteiger partial charge is 0.0898 e. The molecule has 18 heavy (non-hydrogen) atoms. The van der Waals surface area contributed by atoms with Crippen molar-refractivity contribution in [3.8, 4) is 0 Å². The average molecular weight is 346 g/mol. The summed E-state index contributed by atoms with van der Waals surface area (Å²) in [5.41, 5.74) is 3.36. The van der Waals surface area contributed by atoms with Crippen molar-refractivity contribution in [3.63, 3.8) is 0 Å². The Balaban J connectivity index is 2.23. The van der Waals surface area contributed by atoms with Crippen LogP contribution < -0.4 is 4.90 Å². The second-order valence-electron chi connectivity index (χ2n) is 4.09. The van der Waals surface area contributed by atoms with Gasteiger partial charge in [-0.25, -0.2) is 4.98 Å². The number of hydrogen-bond donors (Lipinski definition) is 0. The second-order valence-corrected chi connectivity index (χ2v) is 6.12. The minimum Gasteiger partial charge on any atom is -0.368 e. The summed E-state index contributed by atoms with van der Waals surface area (Å²) in [6.45, 7) is 2.82. The number of rotatable bonds is 4. The SMILES string of the molecule is Cc1nc(CN(C)c2cccc(Cl)c2CBr)cs1. The third kappa shape index (κ3) is 3.05. The lowest BCUT2D eigenvalue weighted by Gasteiger charge is -2.21. The van der Waals surface area contributed by atoms with Gasteiger partial charge in [0.1, 0.15) is 0 Å². The number of aryl methyl sites for hydroxylation is 1. The van der Waals surface area contributed by atoms with Gasteiger partial charge in [-0.3, -0.25) is 0 Å². The van der Waals surface area contributed by atoms with Crippen molar-refractivity contribution in [1.82, 2.24) is 4.98 Å². The van der Waals surface area contributed by atoms with Crippen LogP contribution in [-0.2, 0) is 11.9 Å². The Bertz CT molecular complexity index is 542. The van der Waals surface area contributed by atoms with Crippen LogP contribution in [0.3, 0.4) is 0 Å². The third-order valence-electron chi connectivity index (χ3n) is 2.70. The van der Waals surface area contributed by atoms with Crippen molar-refractivity contribution >= 4 is 44.6 Å². The Labute approximate surface area is 125 Å². The molecule has 0 aliphatic heterocycles.